The Hall–Kier alpha value is -3.37. The van der Waals surface area contributed by atoms with Crippen molar-refractivity contribution in [3.63, 3.8) is 0 Å². The summed E-state index contributed by atoms with van der Waals surface area (Å²) in [5, 5.41) is 12.4. The summed E-state index contributed by atoms with van der Waals surface area (Å²) in [5.74, 6) is -0.396. The summed E-state index contributed by atoms with van der Waals surface area (Å²) in [5.41, 5.74) is 5.50. The summed E-state index contributed by atoms with van der Waals surface area (Å²) in [6, 6.07) is 18.8. The van der Waals surface area contributed by atoms with Crippen LogP contribution in [0.2, 0.25) is 0 Å². The van der Waals surface area contributed by atoms with E-state index in [9.17, 15) is 9.90 Å². The molecule has 1 N–H and O–H groups in total. The van der Waals surface area contributed by atoms with Gasteiger partial charge < -0.3 is 14.7 Å². The molecule has 2 atom stereocenters. The Balaban J connectivity index is 1.71. The van der Waals surface area contributed by atoms with Crippen LogP contribution in [0.3, 0.4) is 0 Å². The van der Waals surface area contributed by atoms with Gasteiger partial charge in [-0.2, -0.15) is 0 Å². The van der Waals surface area contributed by atoms with Gasteiger partial charge in [-0.15, -0.1) is 0 Å². The minimum absolute atomic E-state index is 0.579. The second kappa shape index (κ2) is 9.01. The molecule has 1 fully saturated rings. The highest BCUT2D eigenvalue weighted by Crippen LogP contribution is 2.43. The van der Waals surface area contributed by atoms with Gasteiger partial charge in [0.1, 0.15) is 0 Å². The van der Waals surface area contributed by atoms with Gasteiger partial charge in [-0.25, -0.2) is 4.79 Å². The van der Waals surface area contributed by atoms with Crippen LogP contribution in [0.5, 0.6) is 0 Å². The van der Waals surface area contributed by atoms with Gasteiger partial charge >= 0.3 is 5.97 Å². The van der Waals surface area contributed by atoms with E-state index in [2.05, 4.69) is 65.6 Å². The van der Waals surface area contributed by atoms with Crippen LogP contribution in [0.25, 0.3) is 21.9 Å². The molecule has 5 rings (SSSR count). The van der Waals surface area contributed by atoms with Crippen molar-refractivity contribution < 1.29 is 14.6 Å². The zero-order valence-electron chi connectivity index (χ0n) is 20.9. The third kappa shape index (κ3) is 4.51. The lowest BCUT2D eigenvalue weighted by Crippen LogP contribution is -2.28. The second-order valence-corrected chi connectivity index (χ2v) is 10.6. The van der Waals surface area contributed by atoms with Crippen LogP contribution in [0, 0.1) is 12.8 Å². The van der Waals surface area contributed by atoms with Gasteiger partial charge in [-0.3, -0.25) is 0 Å². The number of carbonyl (C=O) groups is 1. The Morgan fingerprint density at radius 1 is 1.11 bits per heavy atom. The molecule has 4 heteroatoms. The highest BCUT2D eigenvalue weighted by molar-refractivity contribution is 6.01. The maximum absolute atomic E-state index is 12.5. The van der Waals surface area contributed by atoms with E-state index >= 15 is 0 Å². The van der Waals surface area contributed by atoms with Crippen LogP contribution < -0.4 is 4.90 Å². The first-order chi connectivity index (χ1) is 16.7. The average Bonchev–Trinajstić information content (AvgIpc) is 3.25. The first-order valence-electron chi connectivity index (χ1n) is 12.4. The first kappa shape index (κ1) is 23.4. The number of benzene rings is 3. The number of hydrogen-bond donors (Lipinski definition) is 1. The van der Waals surface area contributed by atoms with Crippen molar-refractivity contribution in [1.29, 1.82) is 0 Å². The smallest absolute Gasteiger partial charge is 0.337 e. The number of aryl methyl sites for hydroxylation is 1. The summed E-state index contributed by atoms with van der Waals surface area (Å²) >= 11 is 0. The first-order valence-corrected chi connectivity index (χ1v) is 12.4. The molecule has 1 unspecified atom stereocenters. The topological polar surface area (TPSA) is 49.8 Å². The molecular weight excluding hydrogens is 434 g/mol. The van der Waals surface area contributed by atoms with E-state index < -0.39 is 17.7 Å². The van der Waals surface area contributed by atoms with Crippen LogP contribution in [0.15, 0.2) is 78.5 Å². The van der Waals surface area contributed by atoms with Gasteiger partial charge in [0.2, 0.25) is 0 Å². The molecule has 35 heavy (non-hydrogen) atoms. The molecule has 0 aromatic heterocycles. The number of anilines is 1. The monoisotopic (exact) mass is 467 g/mol. The van der Waals surface area contributed by atoms with E-state index in [0.29, 0.717) is 5.92 Å². The summed E-state index contributed by atoms with van der Waals surface area (Å²) in [6.07, 6.45) is 7.82. The van der Waals surface area contributed by atoms with Gasteiger partial charge in [0.05, 0.1) is 5.60 Å². The maximum Gasteiger partial charge on any atom is 0.337 e. The minimum atomic E-state index is -1.07. The van der Waals surface area contributed by atoms with E-state index in [4.69, 9.17) is 4.74 Å². The summed E-state index contributed by atoms with van der Waals surface area (Å²) < 4.78 is 6.15. The lowest BCUT2D eigenvalue weighted by Gasteiger charge is -2.29. The van der Waals surface area contributed by atoms with Gasteiger partial charge in [0.25, 0.3) is 0 Å². The van der Waals surface area contributed by atoms with Crippen LogP contribution in [-0.2, 0) is 9.53 Å². The molecular formula is C31H33NO3. The molecule has 1 aliphatic carbocycles. The van der Waals surface area contributed by atoms with Crippen LogP contribution >= 0.6 is 0 Å². The fourth-order valence-electron chi connectivity index (χ4n) is 5.50. The fourth-order valence-corrected chi connectivity index (χ4v) is 5.50. The molecule has 3 aromatic carbocycles. The van der Waals surface area contributed by atoms with Crippen LogP contribution in [0.4, 0.5) is 5.69 Å². The molecule has 2 aliphatic rings. The van der Waals surface area contributed by atoms with Gasteiger partial charge in [0.15, 0.2) is 6.10 Å². The van der Waals surface area contributed by atoms with Crippen LogP contribution in [-0.4, -0.2) is 23.2 Å². The molecule has 0 saturated carbocycles. The average molecular weight is 468 g/mol. The Kier molecular flexibility index (Phi) is 6.02. The quantitative estimate of drug-likeness (QED) is 0.424. The number of carboxylic acid groups (broad SMARTS) is 1. The van der Waals surface area contributed by atoms with E-state index in [1.54, 1.807) is 0 Å². The number of aliphatic carboxylic acids is 1. The number of carboxylic acids is 1. The molecule has 1 aliphatic heterocycles. The Morgan fingerprint density at radius 2 is 1.91 bits per heavy atom. The largest absolute Gasteiger partial charge is 0.479 e. The highest BCUT2D eigenvalue weighted by Gasteiger charge is 2.32. The molecule has 1 heterocycles. The molecule has 4 nitrogen and oxygen atoms in total. The molecule has 0 amide bonds. The van der Waals surface area contributed by atoms with E-state index in [-0.39, 0.29) is 0 Å². The van der Waals surface area contributed by atoms with Gasteiger partial charge in [0, 0.05) is 29.4 Å². The lowest BCUT2D eigenvalue weighted by atomic mass is 9.87. The fraction of sp³-hybridized carbons (Fsp3) is 0.323. The van der Waals surface area contributed by atoms with E-state index in [0.717, 1.165) is 58.1 Å². The highest BCUT2D eigenvalue weighted by atomic mass is 16.5. The second-order valence-electron chi connectivity index (χ2n) is 10.6. The number of rotatable bonds is 5. The van der Waals surface area contributed by atoms with Crippen molar-refractivity contribution >= 4 is 22.4 Å². The molecule has 1 saturated heterocycles. The normalized spacial score (nSPS) is 18.5. The number of ether oxygens (including phenoxy) is 1. The molecule has 0 bridgehead atoms. The Morgan fingerprint density at radius 3 is 2.69 bits per heavy atom. The number of fused-ring (bicyclic) bond motifs is 2. The predicted molar refractivity (Wildman–Crippen MR) is 143 cm³/mol. The Labute approximate surface area is 207 Å². The lowest BCUT2D eigenvalue weighted by molar-refractivity contribution is -0.160. The summed E-state index contributed by atoms with van der Waals surface area (Å²) in [6.45, 7) is 8.68. The standard InChI is InChI=1S/C31H33NO3/c1-20-18-22-11-5-7-14-25(22)28(27(20)29(30(33)34)35-31(2,3)4)23-12-9-13-24(19-23)32-17-16-21-10-6-8-15-26(21)32/h5-9,11-15,18-19,21,29H,10,16-17H2,1-4H3,(H,33,34)/t21?,29-/m0/s1. The van der Waals surface area contributed by atoms with Crippen molar-refractivity contribution in [2.75, 3.05) is 11.4 Å². The molecule has 180 valence electrons. The third-order valence-electron chi connectivity index (χ3n) is 6.96. The zero-order valence-corrected chi connectivity index (χ0v) is 20.9. The van der Waals surface area contributed by atoms with Crippen molar-refractivity contribution in [3.8, 4) is 11.1 Å². The number of nitrogens with zero attached hydrogens (tertiary/aromatic N) is 1. The molecule has 3 aromatic rings. The summed E-state index contributed by atoms with van der Waals surface area (Å²) in [7, 11) is 0. The summed E-state index contributed by atoms with van der Waals surface area (Å²) in [4.78, 5) is 14.9. The van der Waals surface area contributed by atoms with Crippen molar-refractivity contribution in [3.05, 3.63) is 89.6 Å². The van der Waals surface area contributed by atoms with Gasteiger partial charge in [-0.05, 0) is 86.2 Å². The van der Waals surface area contributed by atoms with Crippen molar-refractivity contribution in [2.45, 2.75) is 52.2 Å². The minimum Gasteiger partial charge on any atom is -0.479 e. The SMILES string of the molecule is Cc1cc2ccccc2c(-c2cccc(N3CCC4CC=CC=C43)c2)c1[C@H](OC(C)(C)C)C(=O)O. The van der Waals surface area contributed by atoms with E-state index in [1.165, 1.54) is 5.70 Å². The predicted octanol–water partition coefficient (Wildman–Crippen LogP) is 7.43. The van der Waals surface area contributed by atoms with E-state index in [1.807, 2.05) is 39.8 Å². The Bertz CT molecular complexity index is 1350. The third-order valence-corrected chi connectivity index (χ3v) is 6.96. The van der Waals surface area contributed by atoms with Gasteiger partial charge in [-0.1, -0.05) is 54.6 Å². The molecule has 0 spiro atoms. The zero-order chi connectivity index (χ0) is 24.7. The van der Waals surface area contributed by atoms with Crippen molar-refractivity contribution in [1.82, 2.24) is 0 Å². The van der Waals surface area contributed by atoms with Crippen molar-refractivity contribution in [2.24, 2.45) is 5.92 Å². The number of hydrogen-bond acceptors (Lipinski definition) is 3. The maximum atomic E-state index is 12.5. The number of allylic oxidation sites excluding steroid dienone is 4. The molecule has 0 radical (unpaired) electrons. The van der Waals surface area contributed by atoms with Crippen LogP contribution in [0.1, 0.15) is 50.8 Å².